The van der Waals surface area contributed by atoms with Crippen molar-refractivity contribution in [3.05, 3.63) is 28.8 Å². The van der Waals surface area contributed by atoms with Crippen LogP contribution in [0.4, 0.5) is 5.69 Å². The Kier molecular flexibility index (Phi) is 4.98. The molecule has 1 aromatic rings. The van der Waals surface area contributed by atoms with Gasteiger partial charge in [0.15, 0.2) is 0 Å². The highest BCUT2D eigenvalue weighted by Crippen LogP contribution is 2.39. The fourth-order valence-corrected chi connectivity index (χ4v) is 2.73. The number of anilines is 1. The Balaban J connectivity index is 3.43. The molecule has 3 N–H and O–H groups in total. The van der Waals surface area contributed by atoms with Crippen molar-refractivity contribution in [2.75, 3.05) is 5.73 Å². The summed E-state index contributed by atoms with van der Waals surface area (Å²) in [6.45, 7) is 7.93. The highest BCUT2D eigenvalue weighted by Gasteiger charge is 2.39. The van der Waals surface area contributed by atoms with Gasteiger partial charge in [0.2, 0.25) is 0 Å². The summed E-state index contributed by atoms with van der Waals surface area (Å²) in [5, 5.41) is 9.75. The molecule has 106 valence electrons. The second kappa shape index (κ2) is 6.09. The van der Waals surface area contributed by atoms with Crippen molar-refractivity contribution >= 4 is 11.7 Å². The number of carbonyl (C=O) groups is 1. The predicted octanol–water partition coefficient (Wildman–Crippen LogP) is 3.81. The molecule has 0 bridgehead atoms. The van der Waals surface area contributed by atoms with Gasteiger partial charge in [0.1, 0.15) is 0 Å². The van der Waals surface area contributed by atoms with Gasteiger partial charge in [0, 0.05) is 5.69 Å². The van der Waals surface area contributed by atoms with E-state index in [-0.39, 0.29) is 0 Å². The molecule has 1 unspecified atom stereocenters. The maximum atomic E-state index is 11.9. The summed E-state index contributed by atoms with van der Waals surface area (Å²) >= 11 is 0. The monoisotopic (exact) mass is 263 g/mol. The Labute approximate surface area is 115 Å². The fraction of sp³-hybridized carbons (Fsp3) is 0.562. The molecule has 0 saturated heterocycles. The van der Waals surface area contributed by atoms with Crippen molar-refractivity contribution in [1.82, 2.24) is 0 Å². The lowest BCUT2D eigenvalue weighted by Gasteiger charge is -2.31. The first-order valence-electron chi connectivity index (χ1n) is 6.99. The molecule has 0 aromatic heterocycles. The smallest absolute Gasteiger partial charge is 0.314 e. The van der Waals surface area contributed by atoms with Crippen molar-refractivity contribution < 1.29 is 9.90 Å². The number of benzene rings is 1. The molecule has 1 aromatic carbocycles. The molecular weight excluding hydrogens is 238 g/mol. The summed E-state index contributed by atoms with van der Waals surface area (Å²) in [5.74, 6) is -0.764. The van der Waals surface area contributed by atoms with Crippen LogP contribution in [0.25, 0.3) is 0 Å². The number of aliphatic carboxylic acids is 1. The van der Waals surface area contributed by atoms with E-state index in [1.54, 1.807) is 0 Å². The normalized spacial score (nSPS) is 14.1. The molecule has 1 rings (SSSR count). The van der Waals surface area contributed by atoms with Gasteiger partial charge >= 0.3 is 5.97 Å². The van der Waals surface area contributed by atoms with Crippen LogP contribution in [0.15, 0.2) is 12.1 Å². The zero-order valence-corrected chi connectivity index (χ0v) is 12.4. The first-order valence-corrected chi connectivity index (χ1v) is 6.99. The molecule has 0 radical (unpaired) electrons. The van der Waals surface area contributed by atoms with Gasteiger partial charge in [-0.05, 0) is 37.8 Å². The number of rotatable bonds is 6. The van der Waals surface area contributed by atoms with Crippen molar-refractivity contribution in [2.45, 2.75) is 58.8 Å². The molecule has 0 aliphatic carbocycles. The summed E-state index contributed by atoms with van der Waals surface area (Å²) < 4.78 is 0. The molecule has 0 saturated carbocycles. The summed E-state index contributed by atoms with van der Waals surface area (Å²) in [4.78, 5) is 11.9. The molecule has 0 heterocycles. The lowest BCUT2D eigenvalue weighted by molar-refractivity contribution is -0.144. The Hall–Kier alpha value is -1.51. The Morgan fingerprint density at radius 1 is 1.32 bits per heavy atom. The second-order valence-corrected chi connectivity index (χ2v) is 5.39. The average Bonchev–Trinajstić information content (AvgIpc) is 2.35. The number of carboxylic acids is 1. The standard InChI is InChI=1S/C16H25NO2/c1-5-7-8-16(6-2,15(18)19)13-10-11(3)9-12(4)14(13)17/h9-10H,5-8,17H2,1-4H3,(H,18,19). The molecule has 0 aliphatic heterocycles. The summed E-state index contributed by atoms with van der Waals surface area (Å²) in [5.41, 5.74) is 8.76. The third-order valence-corrected chi connectivity index (χ3v) is 4.02. The predicted molar refractivity (Wildman–Crippen MR) is 79.5 cm³/mol. The first-order chi connectivity index (χ1) is 8.89. The van der Waals surface area contributed by atoms with E-state index in [0.717, 1.165) is 29.5 Å². The summed E-state index contributed by atoms with van der Waals surface area (Å²) in [6.07, 6.45) is 3.09. The van der Waals surface area contributed by atoms with Gasteiger partial charge in [0.05, 0.1) is 5.41 Å². The molecular formula is C16H25NO2. The van der Waals surface area contributed by atoms with Crippen LogP contribution in [-0.4, -0.2) is 11.1 Å². The van der Waals surface area contributed by atoms with Crippen molar-refractivity contribution in [2.24, 2.45) is 0 Å². The largest absolute Gasteiger partial charge is 0.481 e. The third-order valence-electron chi connectivity index (χ3n) is 4.02. The maximum Gasteiger partial charge on any atom is 0.314 e. The molecule has 3 heteroatoms. The maximum absolute atomic E-state index is 11.9. The minimum atomic E-state index is -0.850. The van der Waals surface area contributed by atoms with E-state index in [0.29, 0.717) is 18.5 Å². The number of nitrogens with two attached hydrogens (primary N) is 1. The lowest BCUT2D eigenvalue weighted by atomic mass is 9.72. The number of aryl methyl sites for hydroxylation is 2. The third kappa shape index (κ3) is 2.91. The van der Waals surface area contributed by atoms with Crippen molar-refractivity contribution in [3.63, 3.8) is 0 Å². The van der Waals surface area contributed by atoms with Gasteiger partial charge in [-0.25, -0.2) is 0 Å². The van der Waals surface area contributed by atoms with Crippen LogP contribution in [-0.2, 0) is 10.2 Å². The van der Waals surface area contributed by atoms with E-state index in [2.05, 4.69) is 6.92 Å². The molecule has 1 atom stereocenters. The van der Waals surface area contributed by atoms with Crippen LogP contribution in [0.3, 0.4) is 0 Å². The molecule has 0 spiro atoms. The number of nitrogen functional groups attached to an aromatic ring is 1. The van der Waals surface area contributed by atoms with Crippen LogP contribution < -0.4 is 5.73 Å². The Morgan fingerprint density at radius 2 is 1.95 bits per heavy atom. The topological polar surface area (TPSA) is 63.3 Å². The average molecular weight is 263 g/mol. The number of hydrogen-bond donors (Lipinski definition) is 2. The number of unbranched alkanes of at least 4 members (excludes halogenated alkanes) is 1. The van der Waals surface area contributed by atoms with Crippen LogP contribution in [0.1, 0.15) is 56.2 Å². The highest BCUT2D eigenvalue weighted by molar-refractivity contribution is 5.84. The van der Waals surface area contributed by atoms with E-state index in [9.17, 15) is 9.90 Å². The zero-order valence-electron chi connectivity index (χ0n) is 12.4. The lowest BCUT2D eigenvalue weighted by Crippen LogP contribution is -2.36. The second-order valence-electron chi connectivity index (χ2n) is 5.39. The van der Waals surface area contributed by atoms with Gasteiger partial charge in [-0.3, -0.25) is 4.79 Å². The summed E-state index contributed by atoms with van der Waals surface area (Å²) in [6, 6.07) is 3.94. The quantitative estimate of drug-likeness (QED) is 0.767. The summed E-state index contributed by atoms with van der Waals surface area (Å²) in [7, 11) is 0. The van der Waals surface area contributed by atoms with Gasteiger partial charge in [-0.2, -0.15) is 0 Å². The molecule has 19 heavy (non-hydrogen) atoms. The Morgan fingerprint density at radius 3 is 2.42 bits per heavy atom. The van der Waals surface area contributed by atoms with Gasteiger partial charge in [-0.15, -0.1) is 0 Å². The van der Waals surface area contributed by atoms with E-state index < -0.39 is 11.4 Å². The van der Waals surface area contributed by atoms with Gasteiger partial charge in [-0.1, -0.05) is 44.4 Å². The SMILES string of the molecule is CCCCC(CC)(C(=O)O)c1cc(C)cc(C)c1N. The first kappa shape index (κ1) is 15.5. The van der Waals surface area contributed by atoms with Crippen molar-refractivity contribution in [3.8, 4) is 0 Å². The Bertz CT molecular complexity index is 468. The van der Waals surface area contributed by atoms with Crippen LogP contribution in [0.2, 0.25) is 0 Å². The van der Waals surface area contributed by atoms with E-state index >= 15 is 0 Å². The number of hydrogen-bond acceptors (Lipinski definition) is 2. The molecule has 0 aliphatic rings. The highest BCUT2D eigenvalue weighted by atomic mass is 16.4. The van der Waals surface area contributed by atoms with E-state index in [4.69, 9.17) is 5.73 Å². The minimum absolute atomic E-state index is 0.565. The fourth-order valence-electron chi connectivity index (χ4n) is 2.73. The van der Waals surface area contributed by atoms with E-state index in [1.165, 1.54) is 0 Å². The van der Waals surface area contributed by atoms with Gasteiger partial charge < -0.3 is 10.8 Å². The molecule has 0 fully saturated rings. The van der Waals surface area contributed by atoms with E-state index in [1.807, 2.05) is 32.9 Å². The van der Waals surface area contributed by atoms with Gasteiger partial charge in [0.25, 0.3) is 0 Å². The van der Waals surface area contributed by atoms with Crippen molar-refractivity contribution in [1.29, 1.82) is 0 Å². The van der Waals surface area contributed by atoms with Crippen LogP contribution in [0, 0.1) is 13.8 Å². The van der Waals surface area contributed by atoms with Crippen LogP contribution in [0.5, 0.6) is 0 Å². The van der Waals surface area contributed by atoms with Crippen LogP contribution >= 0.6 is 0 Å². The zero-order chi connectivity index (χ0) is 14.6. The molecule has 3 nitrogen and oxygen atoms in total. The minimum Gasteiger partial charge on any atom is -0.481 e. The number of carboxylic acid groups (broad SMARTS) is 1. The molecule has 0 amide bonds.